The van der Waals surface area contributed by atoms with E-state index in [2.05, 4.69) is 21.2 Å². The van der Waals surface area contributed by atoms with Crippen LogP contribution in [0.3, 0.4) is 0 Å². The first-order valence-corrected chi connectivity index (χ1v) is 7.75. The molecule has 0 saturated heterocycles. The zero-order valence-corrected chi connectivity index (χ0v) is 13.8. The van der Waals surface area contributed by atoms with E-state index in [0.717, 1.165) is 12.8 Å². The summed E-state index contributed by atoms with van der Waals surface area (Å²) < 4.78 is 6.25. The summed E-state index contributed by atoms with van der Waals surface area (Å²) in [6.07, 6.45) is 2.00. The SMILES string of the molecule is CCOc1c(Br)cc(Cl)cc1NC(=O)C(C)(N)C1CC1. The molecule has 0 aliphatic heterocycles. The molecule has 1 amide bonds. The molecule has 0 heterocycles. The van der Waals surface area contributed by atoms with E-state index in [9.17, 15) is 4.79 Å². The summed E-state index contributed by atoms with van der Waals surface area (Å²) >= 11 is 9.42. The van der Waals surface area contributed by atoms with E-state index in [1.807, 2.05) is 6.92 Å². The van der Waals surface area contributed by atoms with Crippen LogP contribution < -0.4 is 15.8 Å². The van der Waals surface area contributed by atoms with Gasteiger partial charge in [-0.1, -0.05) is 11.6 Å². The van der Waals surface area contributed by atoms with Gasteiger partial charge in [0.05, 0.1) is 22.3 Å². The number of halogens is 2. The standard InChI is InChI=1S/C14H18BrClN2O2/c1-3-20-12-10(15)6-9(16)7-11(12)18-13(19)14(2,17)8-4-5-8/h6-8H,3-5,17H2,1-2H3,(H,18,19). The van der Waals surface area contributed by atoms with Gasteiger partial charge in [-0.25, -0.2) is 0 Å². The smallest absolute Gasteiger partial charge is 0.244 e. The van der Waals surface area contributed by atoms with Crippen molar-refractivity contribution in [3.63, 3.8) is 0 Å². The highest BCUT2D eigenvalue weighted by Crippen LogP contribution is 2.40. The van der Waals surface area contributed by atoms with Gasteiger partial charge in [0.15, 0.2) is 5.75 Å². The average molecular weight is 362 g/mol. The molecule has 1 aliphatic carbocycles. The van der Waals surface area contributed by atoms with E-state index in [-0.39, 0.29) is 11.8 Å². The van der Waals surface area contributed by atoms with Crippen LogP contribution in [0.15, 0.2) is 16.6 Å². The van der Waals surface area contributed by atoms with Gasteiger partial charge >= 0.3 is 0 Å². The first-order chi connectivity index (χ1) is 9.36. The summed E-state index contributed by atoms with van der Waals surface area (Å²) in [5, 5.41) is 3.35. The quantitative estimate of drug-likeness (QED) is 0.842. The predicted octanol–water partition coefficient (Wildman–Crippen LogP) is 3.57. The van der Waals surface area contributed by atoms with Gasteiger partial charge in [-0.3, -0.25) is 4.79 Å². The summed E-state index contributed by atoms with van der Waals surface area (Å²) in [5.74, 6) is 0.604. The molecule has 1 aromatic carbocycles. The Labute approximate surface area is 132 Å². The Morgan fingerprint density at radius 2 is 2.25 bits per heavy atom. The number of ether oxygens (including phenoxy) is 1. The third-order valence-corrected chi connectivity index (χ3v) is 4.27. The van der Waals surface area contributed by atoms with Crippen molar-refractivity contribution in [1.29, 1.82) is 0 Å². The van der Waals surface area contributed by atoms with Gasteiger partial charge in [-0.05, 0) is 60.7 Å². The third-order valence-electron chi connectivity index (χ3n) is 3.46. The van der Waals surface area contributed by atoms with Gasteiger partial charge in [0.1, 0.15) is 0 Å². The number of nitrogens with one attached hydrogen (secondary N) is 1. The zero-order valence-electron chi connectivity index (χ0n) is 11.5. The van der Waals surface area contributed by atoms with Crippen molar-refractivity contribution in [2.45, 2.75) is 32.2 Å². The second-order valence-electron chi connectivity index (χ2n) is 5.21. The maximum absolute atomic E-state index is 12.3. The lowest BCUT2D eigenvalue weighted by molar-refractivity contribution is -0.121. The Balaban J connectivity index is 2.25. The minimum Gasteiger partial charge on any atom is -0.491 e. The topological polar surface area (TPSA) is 64.3 Å². The Morgan fingerprint density at radius 3 is 2.80 bits per heavy atom. The van der Waals surface area contributed by atoms with E-state index in [4.69, 9.17) is 22.1 Å². The fourth-order valence-corrected chi connectivity index (χ4v) is 2.99. The Morgan fingerprint density at radius 1 is 1.60 bits per heavy atom. The molecule has 0 spiro atoms. The minimum atomic E-state index is -0.863. The second-order valence-corrected chi connectivity index (χ2v) is 6.50. The van der Waals surface area contributed by atoms with Gasteiger partial charge in [-0.2, -0.15) is 0 Å². The minimum absolute atomic E-state index is 0.213. The number of hydrogen-bond acceptors (Lipinski definition) is 3. The van der Waals surface area contributed by atoms with Crippen LogP contribution in [0.5, 0.6) is 5.75 Å². The van der Waals surface area contributed by atoms with E-state index in [1.54, 1.807) is 19.1 Å². The molecule has 3 N–H and O–H groups in total. The maximum Gasteiger partial charge on any atom is 0.244 e. The number of rotatable bonds is 5. The van der Waals surface area contributed by atoms with Crippen molar-refractivity contribution in [3.8, 4) is 5.75 Å². The Kier molecular flexibility index (Phi) is 4.62. The van der Waals surface area contributed by atoms with Crippen molar-refractivity contribution in [1.82, 2.24) is 0 Å². The highest BCUT2D eigenvalue weighted by molar-refractivity contribution is 9.10. The molecule has 1 aliphatic rings. The summed E-state index contributed by atoms with van der Waals surface area (Å²) in [5.41, 5.74) is 5.79. The highest BCUT2D eigenvalue weighted by atomic mass is 79.9. The monoisotopic (exact) mass is 360 g/mol. The summed E-state index contributed by atoms with van der Waals surface area (Å²) in [4.78, 5) is 12.3. The number of carbonyl (C=O) groups excluding carboxylic acids is 1. The lowest BCUT2D eigenvalue weighted by Crippen LogP contribution is -2.50. The molecule has 20 heavy (non-hydrogen) atoms. The van der Waals surface area contributed by atoms with Crippen molar-refractivity contribution in [2.24, 2.45) is 11.7 Å². The van der Waals surface area contributed by atoms with E-state index in [0.29, 0.717) is 27.5 Å². The molecule has 0 bridgehead atoms. The molecule has 110 valence electrons. The maximum atomic E-state index is 12.3. The van der Waals surface area contributed by atoms with Gasteiger partial charge < -0.3 is 15.8 Å². The largest absolute Gasteiger partial charge is 0.491 e. The van der Waals surface area contributed by atoms with Crippen LogP contribution in [0.2, 0.25) is 5.02 Å². The lowest BCUT2D eigenvalue weighted by Gasteiger charge is -2.24. The Hall–Kier alpha value is -0.780. The summed E-state index contributed by atoms with van der Waals surface area (Å²) in [6, 6.07) is 3.39. The first kappa shape index (κ1) is 15.6. The van der Waals surface area contributed by atoms with E-state index in [1.165, 1.54) is 0 Å². The Bertz CT molecular complexity index is 530. The molecular formula is C14H18BrClN2O2. The fourth-order valence-electron chi connectivity index (χ4n) is 2.07. The van der Waals surface area contributed by atoms with Crippen LogP contribution in [0.1, 0.15) is 26.7 Å². The van der Waals surface area contributed by atoms with Crippen molar-refractivity contribution < 1.29 is 9.53 Å². The highest BCUT2D eigenvalue weighted by Gasteiger charge is 2.44. The molecule has 1 saturated carbocycles. The molecule has 2 rings (SSSR count). The van der Waals surface area contributed by atoms with Crippen LogP contribution in [-0.4, -0.2) is 18.1 Å². The normalized spacial score (nSPS) is 17.4. The van der Waals surface area contributed by atoms with Crippen LogP contribution >= 0.6 is 27.5 Å². The van der Waals surface area contributed by atoms with Crippen molar-refractivity contribution >= 4 is 39.1 Å². The average Bonchev–Trinajstić information content (AvgIpc) is 3.17. The fraction of sp³-hybridized carbons (Fsp3) is 0.500. The molecule has 1 fully saturated rings. The van der Waals surface area contributed by atoms with E-state index < -0.39 is 5.54 Å². The third kappa shape index (κ3) is 3.27. The summed E-state index contributed by atoms with van der Waals surface area (Å²) in [7, 11) is 0. The van der Waals surface area contributed by atoms with E-state index >= 15 is 0 Å². The van der Waals surface area contributed by atoms with Crippen LogP contribution in [0.25, 0.3) is 0 Å². The van der Waals surface area contributed by atoms with Crippen LogP contribution in [0.4, 0.5) is 5.69 Å². The van der Waals surface area contributed by atoms with Gasteiger partial charge in [0.25, 0.3) is 0 Å². The van der Waals surface area contributed by atoms with Gasteiger partial charge in [-0.15, -0.1) is 0 Å². The number of anilines is 1. The molecular weight excluding hydrogens is 344 g/mol. The number of amides is 1. The first-order valence-electron chi connectivity index (χ1n) is 6.58. The summed E-state index contributed by atoms with van der Waals surface area (Å²) in [6.45, 7) is 4.13. The second kappa shape index (κ2) is 5.92. The molecule has 0 aromatic heterocycles. The predicted molar refractivity (Wildman–Crippen MR) is 84.3 cm³/mol. The molecule has 1 atom stereocenters. The van der Waals surface area contributed by atoms with Crippen LogP contribution in [0, 0.1) is 5.92 Å². The van der Waals surface area contributed by atoms with Crippen molar-refractivity contribution in [2.75, 3.05) is 11.9 Å². The molecule has 1 unspecified atom stereocenters. The van der Waals surface area contributed by atoms with Crippen molar-refractivity contribution in [3.05, 3.63) is 21.6 Å². The van der Waals surface area contributed by atoms with Gasteiger partial charge in [0, 0.05) is 5.02 Å². The van der Waals surface area contributed by atoms with Crippen LogP contribution in [-0.2, 0) is 4.79 Å². The molecule has 6 heteroatoms. The molecule has 4 nitrogen and oxygen atoms in total. The number of carbonyl (C=O) groups is 1. The zero-order chi connectivity index (χ0) is 14.9. The molecule has 1 aromatic rings. The number of nitrogens with two attached hydrogens (primary N) is 1. The number of hydrogen-bond donors (Lipinski definition) is 2. The molecule has 0 radical (unpaired) electrons. The number of benzene rings is 1. The lowest BCUT2D eigenvalue weighted by atomic mass is 9.96. The van der Waals surface area contributed by atoms with Gasteiger partial charge in [0.2, 0.25) is 5.91 Å².